The average molecular weight is 432 g/mol. The minimum Gasteiger partial charge on any atom is -0.388 e. The highest BCUT2D eigenvalue weighted by Gasteiger charge is 2.21. The molecule has 3 heterocycles. The van der Waals surface area contributed by atoms with Gasteiger partial charge in [0.1, 0.15) is 11.0 Å². The van der Waals surface area contributed by atoms with E-state index in [4.69, 9.17) is 0 Å². The molecule has 4 rings (SSSR count). The van der Waals surface area contributed by atoms with E-state index in [1.54, 1.807) is 42.8 Å². The molecular formula is C23H25N7O2. The number of nitrogens with zero attached hydrogens (tertiary/aromatic N) is 5. The fourth-order valence-corrected chi connectivity index (χ4v) is 3.34. The zero-order valence-corrected chi connectivity index (χ0v) is 18.2. The molecule has 32 heavy (non-hydrogen) atoms. The Morgan fingerprint density at radius 2 is 1.84 bits per heavy atom. The maximum Gasteiger partial charge on any atom is 0.278 e. The largest absolute Gasteiger partial charge is 0.388 e. The van der Waals surface area contributed by atoms with Crippen molar-refractivity contribution in [2.24, 2.45) is 0 Å². The van der Waals surface area contributed by atoms with Crippen molar-refractivity contribution < 1.29 is 5.11 Å². The van der Waals surface area contributed by atoms with Crippen LogP contribution in [0.15, 0.2) is 66.1 Å². The summed E-state index contributed by atoms with van der Waals surface area (Å²) in [4.78, 5) is 26.6. The Balaban J connectivity index is 1.86. The lowest BCUT2D eigenvalue weighted by atomic mass is 10.1. The van der Waals surface area contributed by atoms with Crippen LogP contribution in [0.3, 0.4) is 0 Å². The van der Waals surface area contributed by atoms with Crippen LogP contribution >= 0.6 is 0 Å². The fourth-order valence-electron chi connectivity index (χ4n) is 3.34. The maximum atomic E-state index is 13.0. The molecule has 4 aromatic rings. The number of benzene rings is 1. The molecule has 3 aromatic heterocycles. The fraction of sp³-hybridized carbons (Fsp3) is 0.217. The molecule has 0 amide bonds. The van der Waals surface area contributed by atoms with Gasteiger partial charge in [0.2, 0.25) is 5.95 Å². The van der Waals surface area contributed by atoms with Gasteiger partial charge in [-0.3, -0.25) is 4.79 Å². The SMILES string of the molecule is C=CCn1c(=O)c2cnc(Nc3ccc(NC)cc3)nc2n1-c1cccc(C(C)(C)O)n1. The second-order valence-electron chi connectivity index (χ2n) is 7.81. The zero-order chi connectivity index (χ0) is 22.9. The minimum atomic E-state index is -1.14. The third kappa shape index (κ3) is 3.97. The summed E-state index contributed by atoms with van der Waals surface area (Å²) < 4.78 is 3.12. The van der Waals surface area contributed by atoms with Crippen molar-refractivity contribution in [3.05, 3.63) is 77.4 Å². The molecule has 0 saturated heterocycles. The number of hydrogen-bond acceptors (Lipinski definition) is 7. The highest BCUT2D eigenvalue weighted by Crippen LogP contribution is 2.22. The van der Waals surface area contributed by atoms with Gasteiger partial charge in [-0.05, 0) is 50.2 Å². The number of anilines is 3. The number of fused-ring (bicyclic) bond motifs is 1. The van der Waals surface area contributed by atoms with Crippen LogP contribution in [0, 0.1) is 0 Å². The van der Waals surface area contributed by atoms with E-state index in [-0.39, 0.29) is 12.1 Å². The van der Waals surface area contributed by atoms with Crippen LogP contribution in [0.2, 0.25) is 0 Å². The van der Waals surface area contributed by atoms with Crippen LogP contribution in [0.5, 0.6) is 0 Å². The van der Waals surface area contributed by atoms with E-state index in [1.807, 2.05) is 31.3 Å². The van der Waals surface area contributed by atoms with Crippen LogP contribution in [0.25, 0.3) is 16.9 Å². The lowest BCUT2D eigenvalue weighted by Crippen LogP contribution is -2.23. The van der Waals surface area contributed by atoms with Gasteiger partial charge in [-0.15, -0.1) is 6.58 Å². The van der Waals surface area contributed by atoms with Crippen molar-refractivity contribution in [1.29, 1.82) is 0 Å². The van der Waals surface area contributed by atoms with E-state index in [1.165, 1.54) is 10.9 Å². The van der Waals surface area contributed by atoms with Crippen molar-refractivity contribution in [1.82, 2.24) is 24.3 Å². The highest BCUT2D eigenvalue weighted by molar-refractivity contribution is 5.77. The molecule has 0 unspecified atom stereocenters. The Bertz CT molecular complexity index is 1330. The van der Waals surface area contributed by atoms with Gasteiger partial charge in [0, 0.05) is 24.6 Å². The molecule has 1 aromatic carbocycles. The summed E-state index contributed by atoms with van der Waals surface area (Å²) in [6.07, 6.45) is 3.14. The Kier molecular flexibility index (Phi) is 5.50. The number of aromatic nitrogens is 5. The molecule has 0 bridgehead atoms. The van der Waals surface area contributed by atoms with Gasteiger partial charge in [-0.1, -0.05) is 12.1 Å². The summed E-state index contributed by atoms with van der Waals surface area (Å²) in [5, 5.41) is 17.0. The Morgan fingerprint density at radius 1 is 1.12 bits per heavy atom. The number of allylic oxidation sites excluding steroid dienone is 1. The number of hydrogen-bond donors (Lipinski definition) is 3. The summed E-state index contributed by atoms with van der Waals surface area (Å²) in [5.41, 5.74) is 1.29. The van der Waals surface area contributed by atoms with Crippen LogP contribution in [0.4, 0.5) is 17.3 Å². The molecule has 0 aliphatic heterocycles. The first-order valence-electron chi connectivity index (χ1n) is 10.2. The molecule has 0 radical (unpaired) electrons. The smallest absolute Gasteiger partial charge is 0.278 e. The zero-order valence-electron chi connectivity index (χ0n) is 18.2. The molecule has 164 valence electrons. The first-order valence-corrected chi connectivity index (χ1v) is 10.2. The van der Waals surface area contributed by atoms with Crippen molar-refractivity contribution >= 4 is 28.4 Å². The Morgan fingerprint density at radius 3 is 2.50 bits per heavy atom. The van der Waals surface area contributed by atoms with E-state index in [0.717, 1.165) is 11.4 Å². The molecule has 0 spiro atoms. The second kappa shape index (κ2) is 8.27. The molecule has 0 atom stereocenters. The van der Waals surface area contributed by atoms with Crippen molar-refractivity contribution in [3.63, 3.8) is 0 Å². The maximum absolute atomic E-state index is 13.0. The van der Waals surface area contributed by atoms with Gasteiger partial charge in [0.15, 0.2) is 11.5 Å². The molecule has 0 aliphatic rings. The summed E-state index contributed by atoms with van der Waals surface area (Å²) in [6, 6.07) is 13.0. The van der Waals surface area contributed by atoms with Gasteiger partial charge in [0.05, 0.1) is 12.2 Å². The number of pyridine rings is 1. The molecule has 3 N–H and O–H groups in total. The predicted molar refractivity (Wildman–Crippen MR) is 126 cm³/mol. The van der Waals surface area contributed by atoms with Crippen LogP contribution in [0.1, 0.15) is 19.5 Å². The Labute approximate surface area is 185 Å². The minimum absolute atomic E-state index is 0.250. The monoisotopic (exact) mass is 431 g/mol. The lowest BCUT2D eigenvalue weighted by molar-refractivity contribution is 0.0738. The van der Waals surface area contributed by atoms with E-state index < -0.39 is 5.60 Å². The number of nitrogens with one attached hydrogen (secondary N) is 2. The molecule has 0 fully saturated rings. The van der Waals surface area contributed by atoms with Crippen LogP contribution in [-0.4, -0.2) is 36.5 Å². The summed E-state index contributed by atoms with van der Waals surface area (Å²) in [7, 11) is 1.85. The normalized spacial score (nSPS) is 11.5. The number of aliphatic hydroxyl groups is 1. The highest BCUT2D eigenvalue weighted by atomic mass is 16.3. The van der Waals surface area contributed by atoms with Gasteiger partial charge < -0.3 is 15.7 Å². The standard InChI is InChI=1S/C23H25N7O2/c1-5-13-29-21(31)17-14-25-22(26-16-11-9-15(24-4)10-12-16)28-20(17)30(29)19-8-6-7-18(27-19)23(2,3)32/h5-12,14,24,32H,1,13H2,2-4H3,(H,25,26,28). The average Bonchev–Trinajstić information content (AvgIpc) is 3.05. The molecule has 0 aliphatic carbocycles. The van der Waals surface area contributed by atoms with E-state index in [2.05, 4.69) is 32.2 Å². The third-order valence-electron chi connectivity index (χ3n) is 4.99. The third-order valence-corrected chi connectivity index (χ3v) is 4.99. The first-order chi connectivity index (χ1) is 15.3. The molecule has 9 nitrogen and oxygen atoms in total. The summed E-state index contributed by atoms with van der Waals surface area (Å²) >= 11 is 0. The quantitative estimate of drug-likeness (QED) is 0.386. The number of rotatable bonds is 7. The molecule has 9 heteroatoms. The van der Waals surface area contributed by atoms with Gasteiger partial charge in [-0.25, -0.2) is 19.3 Å². The van der Waals surface area contributed by atoms with Crippen molar-refractivity contribution in [2.45, 2.75) is 26.0 Å². The van der Waals surface area contributed by atoms with E-state index in [9.17, 15) is 9.90 Å². The van der Waals surface area contributed by atoms with Gasteiger partial charge in [0.25, 0.3) is 5.56 Å². The van der Waals surface area contributed by atoms with Gasteiger partial charge in [-0.2, -0.15) is 4.98 Å². The molecule has 0 saturated carbocycles. The van der Waals surface area contributed by atoms with E-state index in [0.29, 0.717) is 28.5 Å². The van der Waals surface area contributed by atoms with E-state index >= 15 is 0 Å². The second-order valence-corrected chi connectivity index (χ2v) is 7.81. The van der Waals surface area contributed by atoms with Crippen LogP contribution in [-0.2, 0) is 12.1 Å². The topological polar surface area (TPSA) is 110 Å². The van der Waals surface area contributed by atoms with Gasteiger partial charge >= 0.3 is 0 Å². The van der Waals surface area contributed by atoms with Crippen molar-refractivity contribution in [2.75, 3.05) is 17.7 Å². The van der Waals surface area contributed by atoms with Crippen molar-refractivity contribution in [3.8, 4) is 5.82 Å². The first kappa shape index (κ1) is 21.3. The summed E-state index contributed by atoms with van der Waals surface area (Å²) in [5.74, 6) is 0.805. The summed E-state index contributed by atoms with van der Waals surface area (Å²) in [6.45, 7) is 7.34. The molecular weight excluding hydrogens is 406 g/mol. The van der Waals surface area contributed by atoms with Crippen LogP contribution < -0.4 is 16.2 Å². The Hall–Kier alpha value is -3.98. The predicted octanol–water partition coefficient (Wildman–Crippen LogP) is 3.18. The lowest BCUT2D eigenvalue weighted by Gasteiger charge is -2.18.